The van der Waals surface area contributed by atoms with E-state index in [1.54, 1.807) is 6.07 Å². The van der Waals surface area contributed by atoms with Gasteiger partial charge in [0.2, 0.25) is 0 Å². The predicted molar refractivity (Wildman–Crippen MR) is 70.7 cm³/mol. The van der Waals surface area contributed by atoms with Crippen molar-refractivity contribution in [1.29, 1.82) is 0 Å². The SMILES string of the molecule is COc1ccc([N+](=O)[O-])cc1CN1CCCC1C(=O)O. The minimum Gasteiger partial charge on any atom is -0.496 e. The fourth-order valence-corrected chi connectivity index (χ4v) is 2.52. The molecule has 1 N–H and O–H groups in total. The minimum atomic E-state index is -0.855. The number of nitrogens with zero attached hydrogens (tertiary/aromatic N) is 2. The first kappa shape index (κ1) is 14.3. The second-order valence-electron chi connectivity index (χ2n) is 4.72. The summed E-state index contributed by atoms with van der Waals surface area (Å²) in [5.74, 6) is -0.321. The van der Waals surface area contributed by atoms with E-state index in [-0.39, 0.29) is 5.69 Å². The van der Waals surface area contributed by atoms with Crippen LogP contribution in [0.1, 0.15) is 18.4 Å². The van der Waals surface area contributed by atoms with Gasteiger partial charge < -0.3 is 9.84 Å². The molecule has 2 rings (SSSR count). The zero-order valence-electron chi connectivity index (χ0n) is 11.1. The summed E-state index contributed by atoms with van der Waals surface area (Å²) in [6, 6.07) is 3.83. The van der Waals surface area contributed by atoms with Crippen LogP contribution < -0.4 is 4.74 Å². The highest BCUT2D eigenvalue weighted by molar-refractivity contribution is 5.73. The molecule has 0 aromatic heterocycles. The minimum absolute atomic E-state index is 0.0214. The number of methoxy groups -OCH3 is 1. The summed E-state index contributed by atoms with van der Waals surface area (Å²) in [6.07, 6.45) is 1.42. The maximum absolute atomic E-state index is 11.2. The smallest absolute Gasteiger partial charge is 0.320 e. The van der Waals surface area contributed by atoms with E-state index in [1.807, 2.05) is 4.90 Å². The van der Waals surface area contributed by atoms with Crippen molar-refractivity contribution in [3.8, 4) is 5.75 Å². The van der Waals surface area contributed by atoms with E-state index in [4.69, 9.17) is 9.84 Å². The highest BCUT2D eigenvalue weighted by Crippen LogP contribution is 2.28. The largest absolute Gasteiger partial charge is 0.496 e. The van der Waals surface area contributed by atoms with Crippen LogP contribution >= 0.6 is 0 Å². The molecular formula is C13H16N2O5. The standard InChI is InChI=1S/C13H16N2O5/c1-20-12-5-4-10(15(18)19)7-9(12)8-14-6-2-3-11(14)13(16)17/h4-5,7,11H,2-3,6,8H2,1H3,(H,16,17). The van der Waals surface area contributed by atoms with Crippen LogP contribution in [0, 0.1) is 10.1 Å². The molecule has 7 heteroatoms. The molecule has 1 saturated heterocycles. The third kappa shape index (κ3) is 2.88. The van der Waals surface area contributed by atoms with Crippen LogP contribution in [0.25, 0.3) is 0 Å². The zero-order valence-corrected chi connectivity index (χ0v) is 11.1. The first-order chi connectivity index (χ1) is 9.52. The molecule has 1 aromatic rings. The van der Waals surface area contributed by atoms with Crippen LogP contribution in [-0.4, -0.2) is 40.6 Å². The molecular weight excluding hydrogens is 264 g/mol. The molecule has 1 aromatic carbocycles. The number of carbonyl (C=O) groups is 1. The van der Waals surface area contributed by atoms with E-state index in [9.17, 15) is 14.9 Å². The molecule has 0 radical (unpaired) electrons. The number of carboxylic acids is 1. The van der Waals surface area contributed by atoms with Gasteiger partial charge in [0.25, 0.3) is 5.69 Å². The number of nitro benzene ring substituents is 1. The van der Waals surface area contributed by atoms with Gasteiger partial charge in [0.05, 0.1) is 12.0 Å². The Morgan fingerprint density at radius 3 is 2.95 bits per heavy atom. The lowest BCUT2D eigenvalue weighted by molar-refractivity contribution is -0.384. The number of aliphatic carboxylic acids is 1. The molecule has 1 atom stereocenters. The third-order valence-corrected chi connectivity index (χ3v) is 3.50. The van der Waals surface area contributed by atoms with Crippen LogP contribution in [0.15, 0.2) is 18.2 Å². The number of carboxylic acid groups (broad SMARTS) is 1. The molecule has 7 nitrogen and oxygen atoms in total. The normalized spacial score (nSPS) is 18.9. The van der Waals surface area contributed by atoms with Gasteiger partial charge in [-0.2, -0.15) is 0 Å². The van der Waals surface area contributed by atoms with Gasteiger partial charge >= 0.3 is 5.97 Å². The predicted octanol–water partition coefficient (Wildman–Crippen LogP) is 1.65. The Morgan fingerprint density at radius 1 is 1.60 bits per heavy atom. The molecule has 1 unspecified atom stereocenters. The van der Waals surface area contributed by atoms with Crippen molar-refractivity contribution in [2.75, 3.05) is 13.7 Å². The number of nitro groups is 1. The van der Waals surface area contributed by atoms with E-state index in [0.29, 0.717) is 30.8 Å². The number of non-ortho nitro benzene ring substituents is 1. The first-order valence-corrected chi connectivity index (χ1v) is 6.31. The molecule has 1 aliphatic heterocycles. The van der Waals surface area contributed by atoms with E-state index in [2.05, 4.69) is 0 Å². The molecule has 0 bridgehead atoms. The Morgan fingerprint density at radius 2 is 2.35 bits per heavy atom. The van der Waals surface area contributed by atoms with Crippen molar-refractivity contribution < 1.29 is 19.6 Å². The van der Waals surface area contributed by atoms with E-state index in [0.717, 1.165) is 6.42 Å². The van der Waals surface area contributed by atoms with Gasteiger partial charge in [0.15, 0.2) is 0 Å². The molecule has 1 aliphatic rings. The highest BCUT2D eigenvalue weighted by atomic mass is 16.6. The quantitative estimate of drug-likeness (QED) is 0.651. The average molecular weight is 280 g/mol. The van der Waals surface area contributed by atoms with Crippen molar-refractivity contribution in [1.82, 2.24) is 4.90 Å². The van der Waals surface area contributed by atoms with Gasteiger partial charge in [-0.15, -0.1) is 0 Å². The lowest BCUT2D eigenvalue weighted by atomic mass is 10.1. The van der Waals surface area contributed by atoms with Gasteiger partial charge in [-0.05, 0) is 25.5 Å². The summed E-state index contributed by atoms with van der Waals surface area (Å²) in [6.45, 7) is 1.00. The van der Waals surface area contributed by atoms with Gasteiger partial charge in [0.1, 0.15) is 11.8 Å². The van der Waals surface area contributed by atoms with Crippen LogP contribution in [0.2, 0.25) is 0 Å². The molecule has 0 saturated carbocycles. The summed E-state index contributed by atoms with van der Waals surface area (Å²) in [5, 5.41) is 20.0. The van der Waals surface area contributed by atoms with Crippen molar-refractivity contribution >= 4 is 11.7 Å². The number of rotatable bonds is 5. The van der Waals surface area contributed by atoms with Crippen molar-refractivity contribution in [2.24, 2.45) is 0 Å². The molecule has 0 aliphatic carbocycles. The summed E-state index contributed by atoms with van der Waals surface area (Å²) >= 11 is 0. The molecule has 0 amide bonds. The Kier molecular flexibility index (Phi) is 4.19. The second kappa shape index (κ2) is 5.87. The maximum atomic E-state index is 11.2. The van der Waals surface area contributed by atoms with Crippen LogP contribution in [0.3, 0.4) is 0 Å². The summed E-state index contributed by atoms with van der Waals surface area (Å²) in [5.41, 5.74) is 0.613. The van der Waals surface area contributed by atoms with Gasteiger partial charge in [-0.1, -0.05) is 0 Å². The topological polar surface area (TPSA) is 92.9 Å². The summed E-state index contributed by atoms with van der Waals surface area (Å²) in [4.78, 5) is 23.3. The van der Waals surface area contributed by atoms with E-state index >= 15 is 0 Å². The van der Waals surface area contributed by atoms with E-state index < -0.39 is 16.9 Å². The van der Waals surface area contributed by atoms with Crippen LogP contribution in [-0.2, 0) is 11.3 Å². The summed E-state index contributed by atoms with van der Waals surface area (Å²) < 4.78 is 5.19. The summed E-state index contributed by atoms with van der Waals surface area (Å²) in [7, 11) is 1.49. The highest BCUT2D eigenvalue weighted by Gasteiger charge is 2.31. The Bertz CT molecular complexity index is 531. The lowest BCUT2D eigenvalue weighted by Crippen LogP contribution is -2.35. The second-order valence-corrected chi connectivity index (χ2v) is 4.72. The van der Waals surface area contributed by atoms with Crippen LogP contribution in [0.5, 0.6) is 5.75 Å². The number of hydrogen-bond donors (Lipinski definition) is 1. The fourth-order valence-electron chi connectivity index (χ4n) is 2.52. The average Bonchev–Trinajstić information content (AvgIpc) is 2.87. The van der Waals surface area contributed by atoms with Gasteiger partial charge in [-0.25, -0.2) is 0 Å². The number of likely N-dealkylation sites (tertiary alicyclic amines) is 1. The van der Waals surface area contributed by atoms with Gasteiger partial charge in [0, 0.05) is 24.2 Å². The molecule has 108 valence electrons. The Hall–Kier alpha value is -2.15. The van der Waals surface area contributed by atoms with Crippen molar-refractivity contribution in [3.05, 3.63) is 33.9 Å². The molecule has 1 fully saturated rings. The lowest BCUT2D eigenvalue weighted by Gasteiger charge is -2.21. The van der Waals surface area contributed by atoms with E-state index in [1.165, 1.54) is 19.2 Å². The van der Waals surface area contributed by atoms with Crippen LogP contribution in [0.4, 0.5) is 5.69 Å². The molecule has 0 spiro atoms. The zero-order chi connectivity index (χ0) is 14.7. The third-order valence-electron chi connectivity index (χ3n) is 3.50. The maximum Gasteiger partial charge on any atom is 0.320 e. The number of benzene rings is 1. The first-order valence-electron chi connectivity index (χ1n) is 6.31. The van der Waals surface area contributed by atoms with Crippen molar-refractivity contribution in [3.63, 3.8) is 0 Å². The monoisotopic (exact) mass is 280 g/mol. The van der Waals surface area contributed by atoms with Crippen molar-refractivity contribution in [2.45, 2.75) is 25.4 Å². The molecule has 1 heterocycles. The number of hydrogen-bond acceptors (Lipinski definition) is 5. The molecule has 20 heavy (non-hydrogen) atoms. The number of ether oxygens (including phenoxy) is 1. The Labute approximate surface area is 115 Å². The van der Waals surface area contributed by atoms with Gasteiger partial charge in [-0.3, -0.25) is 19.8 Å². The Balaban J connectivity index is 2.25. The fraction of sp³-hybridized carbons (Fsp3) is 0.462.